The number of rotatable bonds is 11. The monoisotopic (exact) mass is 1180 g/mol. The van der Waals surface area contributed by atoms with Gasteiger partial charge in [-0.2, -0.15) is 0 Å². The van der Waals surface area contributed by atoms with Crippen molar-refractivity contribution in [1.82, 2.24) is 28.7 Å². The van der Waals surface area contributed by atoms with Crippen LogP contribution in [0, 0.1) is 0 Å². The summed E-state index contributed by atoms with van der Waals surface area (Å²) < 4.78 is 49.6. The number of nitrogens with one attached hydrogen (secondary N) is 1. The molecule has 8 aliphatic rings. The van der Waals surface area contributed by atoms with E-state index in [-0.39, 0.29) is 108 Å². The van der Waals surface area contributed by atoms with Gasteiger partial charge in [0.05, 0.1) is 39.6 Å². The van der Waals surface area contributed by atoms with Crippen LogP contribution in [0.3, 0.4) is 0 Å². The van der Waals surface area contributed by atoms with Crippen molar-refractivity contribution in [3.05, 3.63) is 192 Å². The summed E-state index contributed by atoms with van der Waals surface area (Å²) in [5.41, 5.74) is 5.04. The minimum absolute atomic E-state index is 0.0490. The number of benzene rings is 3. The highest BCUT2D eigenvalue weighted by Crippen LogP contribution is 2.31. The van der Waals surface area contributed by atoms with Crippen molar-refractivity contribution in [3.8, 4) is 17.2 Å². The summed E-state index contributed by atoms with van der Waals surface area (Å²) >= 11 is 0. The molecule has 0 unspecified atom stereocenters. The average molecular weight is 1180 g/mol. The van der Waals surface area contributed by atoms with E-state index in [4.69, 9.17) is 37.9 Å². The second-order valence-electron chi connectivity index (χ2n) is 21.2. The van der Waals surface area contributed by atoms with Gasteiger partial charge in [0, 0.05) is 69.6 Å². The van der Waals surface area contributed by atoms with Gasteiger partial charge in [-0.25, -0.2) is 19.4 Å². The maximum atomic E-state index is 13.4. The van der Waals surface area contributed by atoms with E-state index < -0.39 is 35.4 Å². The second kappa shape index (κ2) is 25.6. The zero-order valence-electron chi connectivity index (χ0n) is 46.8. The Kier molecular flexibility index (Phi) is 17.1. The summed E-state index contributed by atoms with van der Waals surface area (Å²) in [5.74, 6) is -1.51. The van der Waals surface area contributed by atoms with E-state index in [1.54, 1.807) is 25.6 Å². The minimum atomic E-state index is -0.602. The van der Waals surface area contributed by atoms with Crippen LogP contribution in [-0.4, -0.2) is 161 Å². The third kappa shape index (κ3) is 11.6. The van der Waals surface area contributed by atoms with Gasteiger partial charge in [-0.1, -0.05) is 91.0 Å². The molecule has 25 nitrogen and oxygen atoms in total. The first-order chi connectivity index (χ1) is 42.0. The van der Waals surface area contributed by atoms with E-state index in [2.05, 4.69) is 5.43 Å². The molecular weight excluding hydrogens is 1110 g/mol. The number of pyridine rings is 3. The Morgan fingerprint density at radius 1 is 0.453 bits per heavy atom. The standard InChI is InChI=1S/2C22H23N3O6.C17H17N3O4/c2*26-16-8-9-24-19(20(16)31-13-15-5-2-1-3-6-15)22(28)23-10-12-29-14-18(23)25(24)21(27)17-7-4-11-30-17;21-13-6-7-20-15(16(13)24-10-12-4-2-1-3-5-12)17(22)19-8-9-23-11-14(19)18-20/h2*1-3,5-6,8-9,17-18H,4,7,10-14H2;1-7,14,18H,8-11H2/t17-,18+;17-,18-;14-/m110/s1. The molecule has 0 spiro atoms. The lowest BCUT2D eigenvalue weighted by molar-refractivity contribution is -0.133. The Morgan fingerprint density at radius 3 is 1.26 bits per heavy atom. The molecule has 5 fully saturated rings. The number of nitrogens with zero attached hydrogens (tertiary/aromatic N) is 8. The molecule has 86 heavy (non-hydrogen) atoms. The lowest BCUT2D eigenvalue weighted by Crippen LogP contribution is -2.68. The van der Waals surface area contributed by atoms with Gasteiger partial charge >= 0.3 is 0 Å². The van der Waals surface area contributed by atoms with E-state index in [9.17, 15) is 38.4 Å². The lowest BCUT2D eigenvalue weighted by atomic mass is 10.1. The Morgan fingerprint density at radius 2 is 0.837 bits per heavy atom. The fraction of sp³-hybridized carbons (Fsp3) is 0.377. The molecule has 14 rings (SSSR count). The number of ether oxygens (including phenoxy) is 8. The molecule has 5 atom stereocenters. The van der Waals surface area contributed by atoms with Crippen molar-refractivity contribution in [2.45, 2.75) is 76.2 Å². The maximum Gasteiger partial charge on any atom is 0.278 e. The molecule has 5 saturated heterocycles. The van der Waals surface area contributed by atoms with Gasteiger partial charge in [0.2, 0.25) is 16.3 Å². The van der Waals surface area contributed by atoms with Crippen LogP contribution >= 0.6 is 0 Å². The number of hydrogen-bond donors (Lipinski definition) is 1. The van der Waals surface area contributed by atoms with Crippen LogP contribution in [0.15, 0.2) is 142 Å². The van der Waals surface area contributed by atoms with Gasteiger partial charge < -0.3 is 58.0 Å². The van der Waals surface area contributed by atoms with Gasteiger partial charge in [0.1, 0.15) is 38.2 Å². The summed E-state index contributed by atoms with van der Waals surface area (Å²) in [5, 5.41) is 2.95. The second-order valence-corrected chi connectivity index (χ2v) is 21.2. The molecule has 0 radical (unpaired) electrons. The number of fused-ring (bicyclic) bond motifs is 6. The van der Waals surface area contributed by atoms with Crippen LogP contribution in [0.5, 0.6) is 17.2 Å². The average Bonchev–Trinajstić information content (AvgIpc) is 1.14. The minimum Gasteiger partial charge on any atom is -0.482 e. The van der Waals surface area contributed by atoms with E-state index in [0.29, 0.717) is 72.1 Å². The molecule has 6 aromatic rings. The third-order valence-electron chi connectivity index (χ3n) is 15.7. The number of carbonyl (C=O) groups excluding carboxylic acids is 5. The SMILES string of the molecule is O=C1c2c(OCc3ccccc3)c(=O)ccn2N(C(=O)[C@H]2CCCO2)[C@@H]2COCCN12.O=C1c2c(OCc3ccccc3)c(=O)ccn2N(C(=O)[C@H]2CCCO2)[C@H]2COCCN12.O=C1c2c(OCc3ccccc3)c(=O)ccn2N[C@@H]2COCCN12. The van der Waals surface area contributed by atoms with E-state index in [1.807, 2.05) is 91.0 Å². The van der Waals surface area contributed by atoms with E-state index in [1.165, 1.54) is 50.0 Å². The van der Waals surface area contributed by atoms with Crippen LogP contribution in [0.4, 0.5) is 0 Å². The topological polar surface area (TPSA) is 253 Å². The Balaban J connectivity index is 0.000000127. The number of amides is 5. The molecule has 5 amide bonds. The largest absolute Gasteiger partial charge is 0.482 e. The van der Waals surface area contributed by atoms with Crippen LogP contribution in [0.1, 0.15) is 73.8 Å². The third-order valence-corrected chi connectivity index (χ3v) is 15.7. The molecular formula is C61H63N9O16. The summed E-state index contributed by atoms with van der Waals surface area (Å²) in [7, 11) is 0. The predicted octanol–water partition coefficient (Wildman–Crippen LogP) is 2.55. The molecule has 0 saturated carbocycles. The number of hydrogen-bond acceptors (Lipinski definition) is 17. The zero-order chi connectivity index (χ0) is 59.3. The Bertz CT molecular complexity index is 3500. The van der Waals surface area contributed by atoms with Crippen molar-refractivity contribution >= 4 is 29.5 Å². The highest BCUT2D eigenvalue weighted by Gasteiger charge is 2.48. The summed E-state index contributed by atoms with van der Waals surface area (Å²) in [6, 6.07) is 32.3. The van der Waals surface area contributed by atoms with Crippen molar-refractivity contribution < 1.29 is 61.9 Å². The van der Waals surface area contributed by atoms with Gasteiger partial charge in [0.15, 0.2) is 46.7 Å². The van der Waals surface area contributed by atoms with Crippen molar-refractivity contribution in [3.63, 3.8) is 0 Å². The first kappa shape index (κ1) is 57.3. The van der Waals surface area contributed by atoms with Crippen molar-refractivity contribution in [1.29, 1.82) is 0 Å². The molecule has 0 bridgehead atoms. The normalized spacial score (nSPS) is 21.8. The summed E-state index contributed by atoms with van der Waals surface area (Å²) in [6.45, 7) is 4.67. The molecule has 3 aromatic carbocycles. The predicted molar refractivity (Wildman–Crippen MR) is 305 cm³/mol. The smallest absolute Gasteiger partial charge is 0.278 e. The number of carbonyl (C=O) groups is 5. The van der Waals surface area contributed by atoms with Crippen LogP contribution in [0.25, 0.3) is 0 Å². The van der Waals surface area contributed by atoms with Crippen molar-refractivity contribution in [2.75, 3.05) is 87.9 Å². The van der Waals surface area contributed by atoms with Gasteiger partial charge in [-0.3, -0.25) is 43.0 Å². The quantitative estimate of drug-likeness (QED) is 0.196. The van der Waals surface area contributed by atoms with Crippen LogP contribution < -0.4 is 45.9 Å². The zero-order valence-corrected chi connectivity index (χ0v) is 46.8. The van der Waals surface area contributed by atoms with Gasteiger partial charge in [-0.05, 0) is 42.4 Å². The molecule has 0 aliphatic carbocycles. The number of morpholine rings is 3. The maximum absolute atomic E-state index is 13.4. The molecule has 25 heteroatoms. The molecule has 448 valence electrons. The Hall–Kier alpha value is -9.14. The van der Waals surface area contributed by atoms with E-state index in [0.717, 1.165) is 29.5 Å². The van der Waals surface area contributed by atoms with Gasteiger partial charge in [-0.15, -0.1) is 0 Å². The fourth-order valence-corrected chi connectivity index (χ4v) is 11.4. The summed E-state index contributed by atoms with van der Waals surface area (Å²) in [4.78, 5) is 109. The van der Waals surface area contributed by atoms with Crippen LogP contribution in [-0.2, 0) is 53.1 Å². The fourth-order valence-electron chi connectivity index (χ4n) is 11.4. The molecule has 11 heterocycles. The lowest BCUT2D eigenvalue weighted by Gasteiger charge is -2.47. The first-order valence-corrected chi connectivity index (χ1v) is 28.6. The van der Waals surface area contributed by atoms with E-state index >= 15 is 0 Å². The van der Waals surface area contributed by atoms with Crippen LogP contribution in [0.2, 0.25) is 0 Å². The first-order valence-electron chi connectivity index (χ1n) is 28.6. The molecule has 8 aliphatic heterocycles. The van der Waals surface area contributed by atoms with Gasteiger partial charge in [0.25, 0.3) is 29.5 Å². The number of aromatic nitrogens is 3. The summed E-state index contributed by atoms with van der Waals surface area (Å²) in [6.07, 6.45) is 4.68. The highest BCUT2D eigenvalue weighted by molar-refractivity contribution is 6.02. The molecule has 1 N–H and O–H groups in total. The highest BCUT2D eigenvalue weighted by atomic mass is 16.5. The van der Waals surface area contributed by atoms with Crippen molar-refractivity contribution in [2.24, 2.45) is 0 Å². The molecule has 3 aromatic heterocycles. The Labute approximate surface area is 492 Å².